The van der Waals surface area contributed by atoms with Crippen molar-refractivity contribution < 1.29 is 19.8 Å². The van der Waals surface area contributed by atoms with Crippen molar-refractivity contribution in [2.24, 2.45) is 0 Å². The Bertz CT molecular complexity index is 1050. The number of thiazole rings is 2. The van der Waals surface area contributed by atoms with Crippen LogP contribution >= 0.6 is 22.7 Å². The number of pyridine rings is 1. The average Bonchev–Trinajstić information content (AvgIpc) is 3.21. The van der Waals surface area contributed by atoms with E-state index >= 15 is 0 Å². The summed E-state index contributed by atoms with van der Waals surface area (Å²) in [7, 11) is 0. The number of carboxylic acids is 2. The van der Waals surface area contributed by atoms with E-state index in [1.165, 1.54) is 11.4 Å². The molecule has 0 amide bonds. The lowest BCUT2D eigenvalue weighted by atomic mass is 10.1. The lowest BCUT2D eigenvalue weighted by Gasteiger charge is -2.01. The monoisotopic (exact) mass is 372 g/mol. The molecule has 8 nitrogen and oxygen atoms in total. The zero-order valence-electron chi connectivity index (χ0n) is 12.5. The van der Waals surface area contributed by atoms with Gasteiger partial charge in [-0.25, -0.2) is 24.5 Å². The fourth-order valence-electron chi connectivity index (χ4n) is 2.05. The van der Waals surface area contributed by atoms with Crippen molar-refractivity contribution in [1.82, 2.24) is 15.0 Å². The zero-order valence-corrected chi connectivity index (χ0v) is 14.2. The van der Waals surface area contributed by atoms with Crippen LogP contribution in [0.2, 0.25) is 0 Å². The maximum Gasteiger partial charge on any atom is 0.365 e. The van der Waals surface area contributed by atoms with Crippen molar-refractivity contribution in [2.75, 3.05) is 0 Å². The summed E-state index contributed by atoms with van der Waals surface area (Å²) in [5, 5.41) is 29.2. The summed E-state index contributed by atoms with van der Waals surface area (Å²) < 4.78 is 0. The summed E-state index contributed by atoms with van der Waals surface area (Å²) in [6, 6.07) is 5.03. The van der Waals surface area contributed by atoms with Crippen molar-refractivity contribution in [3.05, 3.63) is 38.8 Å². The SMILES string of the molecule is Cc1nc(-c2cc(C#N)nc(-c3csc(C(=O)O)n3)c2)sc1C(=O)O. The number of carboxylic acid groups (broad SMARTS) is 2. The third-order valence-corrected chi connectivity index (χ3v) is 5.15. The Hall–Kier alpha value is -3.16. The molecule has 0 unspecified atom stereocenters. The van der Waals surface area contributed by atoms with E-state index in [9.17, 15) is 14.9 Å². The molecular formula is C15H8N4O4S2. The molecule has 0 radical (unpaired) electrons. The van der Waals surface area contributed by atoms with Crippen LogP contribution in [0.4, 0.5) is 0 Å². The van der Waals surface area contributed by atoms with Gasteiger partial charge in [0.15, 0.2) is 0 Å². The molecule has 25 heavy (non-hydrogen) atoms. The molecular weight excluding hydrogens is 364 g/mol. The number of nitriles is 1. The fourth-order valence-corrected chi connectivity index (χ4v) is 3.59. The molecule has 0 aliphatic heterocycles. The van der Waals surface area contributed by atoms with Crippen molar-refractivity contribution >= 4 is 34.6 Å². The van der Waals surface area contributed by atoms with Gasteiger partial charge in [-0.05, 0) is 19.1 Å². The van der Waals surface area contributed by atoms with Gasteiger partial charge in [0.2, 0.25) is 5.01 Å². The Morgan fingerprint density at radius 1 is 1.12 bits per heavy atom. The second-order valence-corrected chi connectivity index (χ2v) is 6.68. The van der Waals surface area contributed by atoms with Gasteiger partial charge >= 0.3 is 11.9 Å². The van der Waals surface area contributed by atoms with Crippen molar-refractivity contribution in [1.29, 1.82) is 5.26 Å². The van der Waals surface area contributed by atoms with Crippen LogP contribution in [0.3, 0.4) is 0 Å². The van der Waals surface area contributed by atoms with Gasteiger partial charge in [0.25, 0.3) is 0 Å². The number of hydrogen-bond donors (Lipinski definition) is 2. The van der Waals surface area contributed by atoms with Gasteiger partial charge in [-0.2, -0.15) is 5.26 Å². The summed E-state index contributed by atoms with van der Waals surface area (Å²) in [6.07, 6.45) is 0. The highest BCUT2D eigenvalue weighted by atomic mass is 32.1. The normalized spacial score (nSPS) is 10.4. The molecule has 3 heterocycles. The van der Waals surface area contributed by atoms with E-state index in [2.05, 4.69) is 15.0 Å². The van der Waals surface area contributed by atoms with Crippen molar-refractivity contribution in [3.8, 4) is 28.0 Å². The number of carbonyl (C=O) groups is 2. The van der Waals surface area contributed by atoms with Gasteiger partial charge in [0.05, 0.1) is 11.4 Å². The molecule has 124 valence electrons. The summed E-state index contributed by atoms with van der Waals surface area (Å²) >= 11 is 1.95. The number of nitrogens with zero attached hydrogens (tertiary/aromatic N) is 4. The minimum absolute atomic E-state index is 0.0843. The maximum atomic E-state index is 11.2. The van der Waals surface area contributed by atoms with Crippen molar-refractivity contribution in [2.45, 2.75) is 6.92 Å². The van der Waals surface area contributed by atoms with E-state index in [4.69, 9.17) is 10.2 Å². The first-order chi connectivity index (χ1) is 11.9. The molecule has 0 bridgehead atoms. The van der Waals surface area contributed by atoms with E-state index in [1.54, 1.807) is 13.0 Å². The first-order valence-corrected chi connectivity index (χ1v) is 8.41. The van der Waals surface area contributed by atoms with E-state index in [1.807, 2.05) is 6.07 Å². The molecule has 0 saturated heterocycles. The lowest BCUT2D eigenvalue weighted by Crippen LogP contribution is -1.95. The standard InChI is InChI=1S/C15H8N4O4S2/c1-6-11(14(20)21)25-12(17-6)7-2-8(4-16)18-9(3-7)10-5-24-13(19-10)15(22)23/h2-3,5H,1H3,(H,20,21)(H,22,23). The summed E-state index contributed by atoms with van der Waals surface area (Å²) in [4.78, 5) is 34.6. The van der Waals surface area contributed by atoms with Gasteiger partial charge in [-0.1, -0.05) is 0 Å². The van der Waals surface area contributed by atoms with Crippen LogP contribution in [0.25, 0.3) is 22.0 Å². The van der Waals surface area contributed by atoms with Crippen LogP contribution in [0.15, 0.2) is 17.5 Å². The Kier molecular flexibility index (Phi) is 4.26. The second kappa shape index (κ2) is 6.39. The van der Waals surface area contributed by atoms with Gasteiger partial charge in [0, 0.05) is 10.9 Å². The third-order valence-electron chi connectivity index (χ3n) is 3.13. The average molecular weight is 372 g/mol. The molecule has 10 heteroatoms. The highest BCUT2D eigenvalue weighted by molar-refractivity contribution is 7.17. The quantitative estimate of drug-likeness (QED) is 0.713. The molecule has 3 aromatic rings. The number of hydrogen-bond acceptors (Lipinski definition) is 8. The summed E-state index contributed by atoms with van der Waals surface area (Å²) in [5.74, 6) is -2.21. The third kappa shape index (κ3) is 3.23. The van der Waals surface area contributed by atoms with E-state index < -0.39 is 11.9 Å². The van der Waals surface area contributed by atoms with Crippen molar-refractivity contribution in [3.63, 3.8) is 0 Å². The Morgan fingerprint density at radius 3 is 2.44 bits per heavy atom. The number of aryl methyl sites for hydroxylation is 1. The molecule has 0 saturated carbocycles. The molecule has 3 aromatic heterocycles. The molecule has 0 aromatic carbocycles. The van der Waals surface area contributed by atoms with E-state index in [0.29, 0.717) is 27.7 Å². The highest BCUT2D eigenvalue weighted by Crippen LogP contribution is 2.31. The molecule has 2 N–H and O–H groups in total. The Morgan fingerprint density at radius 2 is 1.88 bits per heavy atom. The second-order valence-electron chi connectivity index (χ2n) is 4.82. The predicted octanol–water partition coefficient (Wildman–Crippen LogP) is 2.91. The van der Waals surface area contributed by atoms with E-state index in [0.717, 1.165) is 22.7 Å². The van der Waals surface area contributed by atoms with Crippen LogP contribution in [0.1, 0.15) is 30.9 Å². The fraction of sp³-hybridized carbons (Fsp3) is 0.0667. The largest absolute Gasteiger partial charge is 0.477 e. The first-order valence-electron chi connectivity index (χ1n) is 6.71. The van der Waals surface area contributed by atoms with Crippen LogP contribution in [-0.4, -0.2) is 37.1 Å². The topological polar surface area (TPSA) is 137 Å². The van der Waals surface area contributed by atoms with Gasteiger partial charge in [-0.15, -0.1) is 22.7 Å². The molecule has 3 rings (SSSR count). The van der Waals surface area contributed by atoms with Gasteiger partial charge < -0.3 is 10.2 Å². The molecule has 0 aliphatic rings. The van der Waals surface area contributed by atoms with Gasteiger partial charge in [-0.3, -0.25) is 0 Å². The van der Waals surface area contributed by atoms with Crippen LogP contribution in [0, 0.1) is 18.3 Å². The Labute approximate surface area is 148 Å². The van der Waals surface area contributed by atoms with Crippen LogP contribution in [0.5, 0.6) is 0 Å². The minimum atomic E-state index is -1.14. The van der Waals surface area contributed by atoms with Crippen LogP contribution in [-0.2, 0) is 0 Å². The molecule has 0 aliphatic carbocycles. The van der Waals surface area contributed by atoms with Gasteiger partial charge in [0.1, 0.15) is 27.3 Å². The molecule has 0 spiro atoms. The summed E-state index contributed by atoms with van der Waals surface area (Å²) in [5.41, 5.74) is 1.65. The smallest absolute Gasteiger partial charge is 0.365 e. The molecule has 0 atom stereocenters. The molecule has 0 fully saturated rings. The van der Waals surface area contributed by atoms with Crippen LogP contribution < -0.4 is 0 Å². The predicted molar refractivity (Wildman–Crippen MR) is 89.8 cm³/mol. The van der Waals surface area contributed by atoms with E-state index in [-0.39, 0.29) is 15.6 Å². The summed E-state index contributed by atoms with van der Waals surface area (Å²) in [6.45, 7) is 1.59. The lowest BCUT2D eigenvalue weighted by molar-refractivity contribution is 0.0687. The minimum Gasteiger partial charge on any atom is -0.477 e. The maximum absolute atomic E-state index is 11.2. The number of aromatic carboxylic acids is 2. The number of aromatic nitrogens is 3. The zero-order chi connectivity index (χ0) is 18.1. The Balaban J connectivity index is 2.12. The first kappa shape index (κ1) is 16.7. The highest BCUT2D eigenvalue weighted by Gasteiger charge is 2.18. The number of rotatable bonds is 4.